The Hall–Kier alpha value is -2.69. The van der Waals surface area contributed by atoms with Crippen molar-refractivity contribution in [1.82, 2.24) is 5.32 Å². The first-order chi connectivity index (χ1) is 24.8. The van der Waals surface area contributed by atoms with Gasteiger partial charge >= 0.3 is 0 Å². The first kappa shape index (κ1) is 38.0. The monoisotopic (exact) mass is 705 g/mol. The van der Waals surface area contributed by atoms with E-state index in [1.165, 1.54) is 56.9 Å². The molecule has 1 spiro atoms. The third-order valence-corrected chi connectivity index (χ3v) is 12.4. The van der Waals surface area contributed by atoms with Crippen molar-refractivity contribution >= 4 is 5.71 Å². The number of benzene rings is 1. The normalized spacial score (nSPS) is 26.3. The molecule has 6 unspecified atom stereocenters. The topological polar surface area (TPSA) is 150 Å². The van der Waals surface area contributed by atoms with Crippen LogP contribution in [-0.2, 0) is 11.2 Å². The Balaban J connectivity index is 1.05. The highest BCUT2D eigenvalue weighted by Gasteiger charge is 2.57. The quantitative estimate of drug-likeness (QED) is 0.0748. The van der Waals surface area contributed by atoms with Crippen LogP contribution < -0.4 is 15.8 Å². The van der Waals surface area contributed by atoms with Gasteiger partial charge in [-0.1, -0.05) is 63.2 Å². The van der Waals surface area contributed by atoms with E-state index in [0.717, 1.165) is 74.6 Å². The van der Waals surface area contributed by atoms with Crippen LogP contribution in [0.5, 0.6) is 11.5 Å². The second-order valence-electron chi connectivity index (χ2n) is 16.1. The predicted molar refractivity (Wildman–Crippen MR) is 201 cm³/mol. The maximum absolute atomic E-state index is 11.4. The van der Waals surface area contributed by atoms with E-state index >= 15 is 0 Å². The summed E-state index contributed by atoms with van der Waals surface area (Å²) in [6, 6.07) is 6.02. The van der Waals surface area contributed by atoms with Gasteiger partial charge in [0.05, 0.1) is 24.5 Å². The maximum atomic E-state index is 11.4. The fourth-order valence-electron chi connectivity index (χ4n) is 9.86. The van der Waals surface area contributed by atoms with E-state index in [4.69, 9.17) is 20.2 Å². The number of aryl methyl sites for hydroxylation is 1. The number of phenols is 1. The molecule has 5 aliphatic rings. The summed E-state index contributed by atoms with van der Waals surface area (Å²) < 4.78 is 12.3. The molecule has 0 radical (unpaired) electrons. The first-order valence-corrected chi connectivity index (χ1v) is 20.0. The first-order valence-electron chi connectivity index (χ1n) is 20.0. The highest BCUT2D eigenvalue weighted by atomic mass is 16.5. The second-order valence-corrected chi connectivity index (χ2v) is 16.1. The van der Waals surface area contributed by atoms with Gasteiger partial charge < -0.3 is 41.0 Å². The fourth-order valence-corrected chi connectivity index (χ4v) is 9.86. The number of nitrogens with one attached hydrogen (secondary N) is 1. The van der Waals surface area contributed by atoms with Crippen LogP contribution >= 0.6 is 0 Å². The molecule has 51 heavy (non-hydrogen) atoms. The van der Waals surface area contributed by atoms with Crippen LogP contribution in [0, 0.1) is 35.1 Å². The van der Waals surface area contributed by atoms with Gasteiger partial charge in [-0.2, -0.15) is 12.0 Å². The summed E-state index contributed by atoms with van der Waals surface area (Å²) in [5.41, 5.74) is 9.31. The number of aliphatic imine (C=N–C) groups is 1. The number of aromatic hydroxyl groups is 1. The van der Waals surface area contributed by atoms with Crippen molar-refractivity contribution in [3.05, 3.63) is 59.2 Å². The van der Waals surface area contributed by atoms with E-state index in [-0.39, 0.29) is 25.1 Å². The summed E-state index contributed by atoms with van der Waals surface area (Å²) in [5, 5.41) is 45.5. The summed E-state index contributed by atoms with van der Waals surface area (Å²) in [7, 11) is 0. The van der Waals surface area contributed by atoms with E-state index in [1.54, 1.807) is 6.07 Å². The fraction of sp³-hybridized carbons (Fsp3) is 0.690. The molecule has 3 saturated carbocycles. The Morgan fingerprint density at radius 1 is 1.10 bits per heavy atom. The molecule has 6 atom stereocenters. The van der Waals surface area contributed by atoms with Gasteiger partial charge in [-0.15, -0.1) is 4.99 Å². The molecular weight excluding hydrogens is 642 g/mol. The summed E-state index contributed by atoms with van der Waals surface area (Å²) in [6.07, 6.45) is 20.6. The molecule has 1 aromatic rings. The molecule has 0 saturated heterocycles. The summed E-state index contributed by atoms with van der Waals surface area (Å²) in [4.78, 5) is 5.12. The second kappa shape index (κ2) is 17.9. The Morgan fingerprint density at radius 2 is 1.90 bits per heavy atom. The minimum absolute atomic E-state index is 0.00456. The third kappa shape index (κ3) is 9.28. The summed E-state index contributed by atoms with van der Waals surface area (Å²) >= 11 is 0. The summed E-state index contributed by atoms with van der Waals surface area (Å²) in [6.45, 7) is 3.94. The average molecular weight is 706 g/mol. The van der Waals surface area contributed by atoms with Crippen LogP contribution in [0.15, 0.2) is 46.7 Å². The summed E-state index contributed by atoms with van der Waals surface area (Å²) in [5.74, 6) is 3.82. The van der Waals surface area contributed by atoms with Crippen LogP contribution in [-0.4, -0.2) is 77.3 Å². The number of rotatable bonds is 19. The van der Waals surface area contributed by atoms with Crippen molar-refractivity contribution in [2.24, 2.45) is 33.9 Å². The van der Waals surface area contributed by atoms with Crippen LogP contribution in [0.2, 0.25) is 0 Å². The van der Waals surface area contributed by atoms with Crippen LogP contribution in [0.4, 0.5) is 0 Å². The van der Waals surface area contributed by atoms with Crippen LogP contribution in [0.1, 0.15) is 109 Å². The van der Waals surface area contributed by atoms with Crippen molar-refractivity contribution in [2.45, 2.75) is 128 Å². The lowest BCUT2D eigenvalue weighted by molar-refractivity contribution is 0.113. The molecule has 1 aromatic carbocycles. The van der Waals surface area contributed by atoms with E-state index in [0.29, 0.717) is 54.3 Å². The smallest absolute Gasteiger partial charge is 0.190 e. The Morgan fingerprint density at radius 3 is 2.69 bits per heavy atom. The molecule has 2 heterocycles. The van der Waals surface area contributed by atoms with Gasteiger partial charge in [-0.05, 0) is 93.4 Å². The zero-order valence-corrected chi connectivity index (χ0v) is 30.8. The van der Waals surface area contributed by atoms with E-state index in [9.17, 15) is 20.4 Å². The van der Waals surface area contributed by atoms with Crippen molar-refractivity contribution in [3.63, 3.8) is 0 Å². The highest BCUT2D eigenvalue weighted by molar-refractivity contribution is 6.04. The average Bonchev–Trinajstić information content (AvgIpc) is 3.94. The molecular formula is C42H63N3O6. The zero-order chi connectivity index (χ0) is 35.8. The molecule has 2 aliphatic heterocycles. The van der Waals surface area contributed by atoms with Crippen molar-refractivity contribution < 1.29 is 29.9 Å². The Labute approximate surface area is 305 Å². The van der Waals surface area contributed by atoms with Gasteiger partial charge in [0.15, 0.2) is 29.4 Å². The van der Waals surface area contributed by atoms with Gasteiger partial charge in [0.25, 0.3) is 0 Å². The lowest BCUT2D eigenvalue weighted by atomic mass is 9.66. The third-order valence-electron chi connectivity index (χ3n) is 12.4. The molecule has 9 heteroatoms. The van der Waals surface area contributed by atoms with Crippen molar-refractivity contribution in [2.75, 3.05) is 32.8 Å². The van der Waals surface area contributed by atoms with Crippen LogP contribution in [0.3, 0.4) is 0 Å². The number of fused-ring (bicyclic) bond motifs is 3. The lowest BCUT2D eigenvalue weighted by Crippen LogP contribution is -2.37. The standard InChI is InChI=1S/C42H63N3O6/c1-28(47)24-44-25-34-32-10-9-11-35(32)42(17-6-7-18-42)23-37-33(34)22-36(45-37)39(49)27-50-41-20-29(14-16-38(41)48)13-15-31-21-30(26-46)40(51-31)12-5-3-2-4-8-19-43/h14,16,20-22,28,32,34-35,39-40,44,46-49H,2-13,15,17-19,23-27,43H2,1H3. The maximum Gasteiger partial charge on any atom is 0.190 e. The molecule has 282 valence electrons. The number of ether oxygens (including phenoxy) is 2. The highest BCUT2D eigenvalue weighted by Crippen LogP contribution is 2.60. The van der Waals surface area contributed by atoms with E-state index in [1.807, 2.05) is 25.1 Å². The molecule has 6 rings (SSSR count). The number of nitrogens with two attached hydrogens (primary N) is 1. The number of allylic oxidation sites excluding steroid dienone is 1. The molecule has 0 aromatic heterocycles. The molecule has 0 bridgehead atoms. The number of hydrogen-bond donors (Lipinski definition) is 6. The van der Waals surface area contributed by atoms with E-state index in [2.05, 4.69) is 11.4 Å². The van der Waals surface area contributed by atoms with Gasteiger partial charge in [0.1, 0.15) is 12.2 Å². The van der Waals surface area contributed by atoms with Crippen molar-refractivity contribution in [1.29, 1.82) is 0 Å². The minimum atomic E-state index is -0.924. The molecule has 9 nitrogen and oxygen atoms in total. The predicted octanol–water partition coefficient (Wildman–Crippen LogP) is 6.09. The molecule has 7 N–H and O–H groups in total. The number of aliphatic hydroxyl groups is 3. The SMILES string of the molecule is CC(O)CNCC1C2=C[C+](C(O)COc3cc(CCC4=C[C-](CO)C(CCCCCCCN)O4)ccc3O)N=C2CC2(CCCC2)C2CCCC12. The number of phenolic OH excluding ortho intramolecular Hbond substituents is 1. The van der Waals surface area contributed by atoms with Gasteiger partial charge in [-0.3, -0.25) is 0 Å². The molecule has 3 fully saturated rings. The zero-order valence-electron chi connectivity index (χ0n) is 30.8. The largest absolute Gasteiger partial charge is 0.592 e. The van der Waals surface area contributed by atoms with Crippen LogP contribution in [0.25, 0.3) is 0 Å². The molecule has 0 amide bonds. The van der Waals surface area contributed by atoms with Gasteiger partial charge in [0.2, 0.25) is 0 Å². The number of hydrogen-bond acceptors (Lipinski definition) is 9. The Kier molecular flexibility index (Phi) is 13.3. The van der Waals surface area contributed by atoms with Crippen molar-refractivity contribution in [3.8, 4) is 11.5 Å². The number of aliphatic hydroxyl groups excluding tert-OH is 3. The molecule has 3 aliphatic carbocycles. The minimum Gasteiger partial charge on any atom is -0.592 e. The van der Waals surface area contributed by atoms with Gasteiger partial charge in [-0.25, -0.2) is 0 Å². The van der Waals surface area contributed by atoms with Gasteiger partial charge in [0, 0.05) is 25.8 Å². The number of unbranched alkanes of at least 4 members (excludes halogenated alkanes) is 4. The number of nitrogens with zero attached hydrogens (tertiary/aromatic N) is 1. The Bertz CT molecular complexity index is 1370. The lowest BCUT2D eigenvalue weighted by Gasteiger charge is -2.37. The van der Waals surface area contributed by atoms with E-state index < -0.39 is 12.2 Å².